The number of hydrogen-bond acceptors (Lipinski definition) is 7. The number of carbonyl (C=O) groups excluding carboxylic acids is 1. The largest absolute Gasteiger partial charge is 0.438 e. The summed E-state index contributed by atoms with van der Waals surface area (Å²) in [6.45, 7) is 1.72. The zero-order valence-electron chi connectivity index (χ0n) is 15.5. The predicted molar refractivity (Wildman–Crippen MR) is 106 cm³/mol. The first-order valence-corrected chi connectivity index (χ1v) is 10.8. The van der Waals surface area contributed by atoms with Crippen LogP contribution in [-0.4, -0.2) is 43.6 Å². The van der Waals surface area contributed by atoms with Crippen molar-refractivity contribution in [3.05, 3.63) is 53.1 Å². The van der Waals surface area contributed by atoms with E-state index in [9.17, 15) is 13.2 Å². The molecule has 2 N–H and O–H groups in total. The lowest BCUT2D eigenvalue weighted by atomic mass is 10.1. The summed E-state index contributed by atoms with van der Waals surface area (Å²) in [4.78, 5) is 22.4. The van der Waals surface area contributed by atoms with Crippen molar-refractivity contribution in [2.45, 2.75) is 19.3 Å². The van der Waals surface area contributed by atoms with Gasteiger partial charge in [0.1, 0.15) is 11.3 Å². The molecule has 148 valence electrons. The molecule has 3 rings (SSSR count). The van der Waals surface area contributed by atoms with Gasteiger partial charge in [0.05, 0.1) is 0 Å². The highest BCUT2D eigenvalue weighted by atomic mass is 32.2. The standard InChI is InChI=1S/C19H22N4O4S/c1-28(25,26)11-5-7-14-6-4-8-15(12-14)27-18-16(17(20)24)13-21-19(22-18)23-9-2-3-10-23/h4-6,8,11-13H,2-3,7,9-10H2,1H3,(H2,20,24)/b11-5+. The molecule has 0 atom stereocenters. The number of anilines is 1. The minimum Gasteiger partial charge on any atom is -0.438 e. The van der Waals surface area contributed by atoms with Crippen LogP contribution in [0.1, 0.15) is 28.8 Å². The molecule has 0 bridgehead atoms. The van der Waals surface area contributed by atoms with Gasteiger partial charge < -0.3 is 15.4 Å². The van der Waals surface area contributed by atoms with Gasteiger partial charge >= 0.3 is 0 Å². The Labute approximate surface area is 164 Å². The summed E-state index contributed by atoms with van der Waals surface area (Å²) in [6, 6.07) is 7.12. The molecule has 0 unspecified atom stereocenters. The molecule has 8 nitrogen and oxygen atoms in total. The molecule has 1 aliphatic heterocycles. The number of amides is 1. The van der Waals surface area contributed by atoms with Gasteiger partial charge in [-0.2, -0.15) is 4.98 Å². The van der Waals surface area contributed by atoms with Crippen molar-refractivity contribution in [2.75, 3.05) is 24.2 Å². The molecule has 28 heavy (non-hydrogen) atoms. The summed E-state index contributed by atoms with van der Waals surface area (Å²) >= 11 is 0. The van der Waals surface area contributed by atoms with Crippen LogP contribution in [0.2, 0.25) is 0 Å². The van der Waals surface area contributed by atoms with E-state index < -0.39 is 15.7 Å². The Balaban J connectivity index is 1.83. The number of carbonyl (C=O) groups is 1. The average molecular weight is 402 g/mol. The lowest BCUT2D eigenvalue weighted by Gasteiger charge is -2.16. The average Bonchev–Trinajstić information content (AvgIpc) is 3.15. The number of nitrogens with zero attached hydrogens (tertiary/aromatic N) is 3. The lowest BCUT2D eigenvalue weighted by Crippen LogP contribution is -2.22. The first-order chi connectivity index (χ1) is 13.3. The van der Waals surface area contributed by atoms with Gasteiger partial charge in [0.25, 0.3) is 5.91 Å². The van der Waals surface area contributed by atoms with E-state index in [0.717, 1.165) is 37.8 Å². The monoisotopic (exact) mass is 402 g/mol. The van der Waals surface area contributed by atoms with Crippen LogP contribution in [0.25, 0.3) is 0 Å². The van der Waals surface area contributed by atoms with Crippen molar-refractivity contribution >= 4 is 21.7 Å². The predicted octanol–water partition coefficient (Wildman–Crippen LogP) is 2.07. The number of allylic oxidation sites excluding steroid dienone is 1. The van der Waals surface area contributed by atoms with Gasteiger partial charge in [-0.25, -0.2) is 13.4 Å². The van der Waals surface area contributed by atoms with Gasteiger partial charge in [0.15, 0.2) is 9.84 Å². The Morgan fingerprint density at radius 3 is 2.75 bits per heavy atom. The van der Waals surface area contributed by atoms with Crippen LogP contribution in [0.15, 0.2) is 41.9 Å². The molecule has 0 spiro atoms. The van der Waals surface area contributed by atoms with Gasteiger partial charge in [0, 0.05) is 31.0 Å². The summed E-state index contributed by atoms with van der Waals surface area (Å²) in [5.41, 5.74) is 6.39. The zero-order chi connectivity index (χ0) is 20.1. The number of sulfone groups is 1. The molecule has 2 heterocycles. The number of hydrogen-bond donors (Lipinski definition) is 1. The summed E-state index contributed by atoms with van der Waals surface area (Å²) in [7, 11) is -3.17. The third-order valence-corrected chi connectivity index (χ3v) is 4.89. The maximum atomic E-state index is 11.7. The van der Waals surface area contributed by atoms with Crippen LogP contribution < -0.4 is 15.4 Å². The van der Waals surface area contributed by atoms with Gasteiger partial charge in [-0.3, -0.25) is 4.79 Å². The molecule has 0 aliphatic carbocycles. The van der Waals surface area contributed by atoms with Crippen LogP contribution in [0.3, 0.4) is 0 Å². The fourth-order valence-electron chi connectivity index (χ4n) is 2.88. The number of ether oxygens (including phenoxy) is 1. The second kappa shape index (κ2) is 8.39. The third-order valence-electron chi connectivity index (χ3n) is 4.21. The highest BCUT2D eigenvalue weighted by Gasteiger charge is 2.20. The highest BCUT2D eigenvalue weighted by molar-refractivity contribution is 7.93. The number of nitrogens with two attached hydrogens (primary N) is 1. The molecular weight excluding hydrogens is 380 g/mol. The molecule has 1 aromatic heterocycles. The van der Waals surface area contributed by atoms with E-state index in [1.54, 1.807) is 24.3 Å². The minimum atomic E-state index is -3.17. The Kier molecular flexibility index (Phi) is 5.93. The Bertz CT molecular complexity index is 999. The second-order valence-electron chi connectivity index (χ2n) is 6.60. The Hall–Kier alpha value is -2.94. The highest BCUT2D eigenvalue weighted by Crippen LogP contribution is 2.26. The molecule has 9 heteroatoms. The maximum absolute atomic E-state index is 11.7. The summed E-state index contributed by atoms with van der Waals surface area (Å²) in [5, 5.41) is 1.17. The molecular formula is C19H22N4O4S. The first-order valence-electron chi connectivity index (χ1n) is 8.87. The van der Waals surface area contributed by atoms with E-state index in [0.29, 0.717) is 18.1 Å². The van der Waals surface area contributed by atoms with Crippen molar-refractivity contribution in [3.8, 4) is 11.6 Å². The SMILES string of the molecule is CS(=O)(=O)/C=C/Cc1cccc(Oc2nc(N3CCCC3)ncc2C(N)=O)c1. The van der Waals surface area contributed by atoms with Gasteiger partial charge in [-0.15, -0.1) is 0 Å². The molecule has 2 aromatic rings. The Morgan fingerprint density at radius 1 is 1.32 bits per heavy atom. The van der Waals surface area contributed by atoms with Crippen molar-refractivity contribution in [1.29, 1.82) is 0 Å². The molecule has 1 aromatic carbocycles. The number of primary amides is 1. The van der Waals surface area contributed by atoms with Crippen LogP contribution in [0.4, 0.5) is 5.95 Å². The summed E-state index contributed by atoms with van der Waals surface area (Å²) < 4.78 is 28.2. The van der Waals surface area contributed by atoms with Crippen molar-refractivity contribution in [1.82, 2.24) is 9.97 Å². The maximum Gasteiger partial charge on any atom is 0.255 e. The minimum absolute atomic E-state index is 0.102. The lowest BCUT2D eigenvalue weighted by molar-refractivity contribution is 0.0997. The van der Waals surface area contributed by atoms with Crippen LogP contribution in [-0.2, 0) is 16.3 Å². The molecule has 1 saturated heterocycles. The van der Waals surface area contributed by atoms with E-state index in [1.807, 2.05) is 11.0 Å². The van der Waals surface area contributed by atoms with E-state index in [2.05, 4.69) is 9.97 Å². The number of aromatic nitrogens is 2. The van der Waals surface area contributed by atoms with Crippen LogP contribution in [0, 0.1) is 0 Å². The first kappa shape index (κ1) is 19.8. The van der Waals surface area contributed by atoms with Gasteiger partial charge in [-0.1, -0.05) is 18.2 Å². The van der Waals surface area contributed by atoms with Crippen LogP contribution >= 0.6 is 0 Å². The van der Waals surface area contributed by atoms with E-state index in [4.69, 9.17) is 10.5 Å². The van der Waals surface area contributed by atoms with E-state index in [1.165, 1.54) is 11.6 Å². The smallest absolute Gasteiger partial charge is 0.255 e. The molecule has 1 amide bonds. The molecule has 0 radical (unpaired) electrons. The van der Waals surface area contributed by atoms with Gasteiger partial charge in [0.2, 0.25) is 11.8 Å². The fraction of sp³-hybridized carbons (Fsp3) is 0.316. The zero-order valence-corrected chi connectivity index (χ0v) is 16.4. The fourth-order valence-corrected chi connectivity index (χ4v) is 3.33. The summed E-state index contributed by atoms with van der Waals surface area (Å²) in [5.74, 6) is 0.409. The number of benzene rings is 1. The molecule has 1 aliphatic rings. The quantitative estimate of drug-likeness (QED) is 0.754. The van der Waals surface area contributed by atoms with Crippen molar-refractivity contribution in [2.24, 2.45) is 5.73 Å². The third kappa shape index (κ3) is 5.29. The van der Waals surface area contributed by atoms with Crippen molar-refractivity contribution in [3.63, 3.8) is 0 Å². The molecule has 1 fully saturated rings. The topological polar surface area (TPSA) is 115 Å². The number of rotatable bonds is 7. The summed E-state index contributed by atoms with van der Waals surface area (Å²) in [6.07, 6.45) is 6.66. The van der Waals surface area contributed by atoms with E-state index >= 15 is 0 Å². The molecule has 0 saturated carbocycles. The second-order valence-corrected chi connectivity index (χ2v) is 8.53. The van der Waals surface area contributed by atoms with Gasteiger partial charge in [-0.05, 0) is 37.0 Å². The van der Waals surface area contributed by atoms with Crippen molar-refractivity contribution < 1.29 is 17.9 Å². The Morgan fingerprint density at radius 2 is 2.07 bits per heavy atom. The normalized spacial score (nSPS) is 14.5. The van der Waals surface area contributed by atoms with Crippen LogP contribution in [0.5, 0.6) is 11.6 Å². The van der Waals surface area contributed by atoms with E-state index in [-0.39, 0.29) is 11.4 Å².